The van der Waals surface area contributed by atoms with Gasteiger partial charge in [0, 0.05) is 30.1 Å². The molecular weight excluding hydrogens is 486 g/mol. The molecule has 1 heterocycles. The summed E-state index contributed by atoms with van der Waals surface area (Å²) in [5.74, 6) is -3.15. The van der Waals surface area contributed by atoms with E-state index in [2.05, 4.69) is 15.5 Å². The lowest BCUT2D eigenvalue weighted by Crippen LogP contribution is -2.33. The molecule has 1 saturated heterocycles. The Balaban J connectivity index is 1.75. The number of ketones is 3. The molecule has 0 bridgehead atoms. The maximum Gasteiger partial charge on any atom is 0.200 e. The number of carbonyl (C=O) groups excluding carboxylic acids is 3. The SMILES string of the molecule is O=NCC(=O)C1Cc2c(N=O)c3c(c(N=O)c2[C@@H](OC2CCCCO2)C1)C(=O)C1=C(O)CCC=C1C3=O. The average Bonchev–Trinajstić information content (AvgIpc) is 2.90. The van der Waals surface area contributed by atoms with E-state index in [1.807, 2.05) is 0 Å². The zero-order valence-electron chi connectivity index (χ0n) is 19.7. The van der Waals surface area contributed by atoms with Crippen molar-refractivity contribution in [3.8, 4) is 0 Å². The first-order valence-corrected chi connectivity index (χ1v) is 12.1. The molecule has 12 nitrogen and oxygen atoms in total. The monoisotopic (exact) mass is 509 g/mol. The van der Waals surface area contributed by atoms with E-state index in [0.717, 1.165) is 12.8 Å². The Morgan fingerprint density at radius 3 is 2.51 bits per heavy atom. The van der Waals surface area contributed by atoms with Crippen molar-refractivity contribution in [3.05, 3.63) is 60.0 Å². The molecule has 2 unspecified atom stereocenters. The normalized spacial score (nSPS) is 25.0. The van der Waals surface area contributed by atoms with E-state index in [4.69, 9.17) is 9.47 Å². The van der Waals surface area contributed by atoms with Crippen LogP contribution in [0, 0.1) is 20.6 Å². The predicted molar refractivity (Wildman–Crippen MR) is 128 cm³/mol. The summed E-state index contributed by atoms with van der Waals surface area (Å²) >= 11 is 0. The fraction of sp³-hybridized carbons (Fsp3) is 0.480. The maximum absolute atomic E-state index is 13.6. The van der Waals surface area contributed by atoms with Crippen molar-refractivity contribution < 1.29 is 29.0 Å². The van der Waals surface area contributed by atoms with E-state index in [-0.39, 0.29) is 64.2 Å². The number of benzene rings is 1. The molecule has 12 heteroatoms. The lowest BCUT2D eigenvalue weighted by molar-refractivity contribution is -0.194. The minimum atomic E-state index is -1.01. The first-order valence-electron chi connectivity index (χ1n) is 12.1. The Bertz CT molecular complexity index is 1310. The minimum absolute atomic E-state index is 0.0159. The molecule has 1 N–H and O–H groups in total. The van der Waals surface area contributed by atoms with Crippen molar-refractivity contribution in [1.29, 1.82) is 0 Å². The van der Waals surface area contributed by atoms with Crippen LogP contribution in [0.4, 0.5) is 11.4 Å². The second-order valence-electron chi connectivity index (χ2n) is 9.47. The first kappa shape index (κ1) is 24.9. The number of ether oxygens (including phenoxy) is 2. The predicted octanol–water partition coefficient (Wildman–Crippen LogP) is 4.88. The van der Waals surface area contributed by atoms with Crippen LogP contribution in [0.25, 0.3) is 0 Å². The standard InChI is InChI=1S/C25H23N3O9/c29-14-5-3-4-12-18(14)25(32)21-20(24(12)31)22(27-34)13-8-11(15(30)10-26-33)9-16(19(13)23(21)28-35)37-17-6-1-2-7-36-17/h4,11,16-17,29H,1-3,5-10H2/t11?,16-,17?/m0/s1. The van der Waals surface area contributed by atoms with Gasteiger partial charge in [-0.05, 0) is 54.4 Å². The number of hydrogen-bond acceptors (Lipinski definition) is 12. The van der Waals surface area contributed by atoms with Gasteiger partial charge in [0.2, 0.25) is 0 Å². The van der Waals surface area contributed by atoms with Crippen molar-refractivity contribution in [3.63, 3.8) is 0 Å². The largest absolute Gasteiger partial charge is 0.512 e. The smallest absolute Gasteiger partial charge is 0.200 e. The number of nitroso groups, excluding NO2 is 3. The summed E-state index contributed by atoms with van der Waals surface area (Å²) in [7, 11) is 0. The van der Waals surface area contributed by atoms with E-state index in [0.29, 0.717) is 19.4 Å². The highest BCUT2D eigenvalue weighted by molar-refractivity contribution is 6.34. The van der Waals surface area contributed by atoms with Crippen LogP contribution in [0.5, 0.6) is 0 Å². The Kier molecular flexibility index (Phi) is 6.69. The van der Waals surface area contributed by atoms with Crippen LogP contribution in [0.3, 0.4) is 0 Å². The molecule has 0 amide bonds. The molecule has 1 aromatic rings. The van der Waals surface area contributed by atoms with Crippen LogP contribution >= 0.6 is 0 Å². The third-order valence-electron chi connectivity index (χ3n) is 7.39. The van der Waals surface area contributed by atoms with Gasteiger partial charge >= 0.3 is 0 Å². The molecule has 37 heavy (non-hydrogen) atoms. The summed E-state index contributed by atoms with van der Waals surface area (Å²) < 4.78 is 11.8. The average molecular weight is 509 g/mol. The van der Waals surface area contributed by atoms with Gasteiger partial charge in [0.1, 0.15) is 23.7 Å². The third-order valence-corrected chi connectivity index (χ3v) is 7.39. The van der Waals surface area contributed by atoms with E-state index in [1.54, 1.807) is 0 Å². The highest BCUT2D eigenvalue weighted by Gasteiger charge is 2.46. The molecule has 3 atom stereocenters. The number of hydrogen-bond donors (Lipinski definition) is 1. The minimum Gasteiger partial charge on any atom is -0.512 e. The van der Waals surface area contributed by atoms with E-state index < -0.39 is 47.8 Å². The quantitative estimate of drug-likeness (QED) is 0.502. The van der Waals surface area contributed by atoms with E-state index >= 15 is 0 Å². The summed E-state index contributed by atoms with van der Waals surface area (Å²) in [6, 6.07) is 0. The van der Waals surface area contributed by atoms with Gasteiger partial charge in [-0.25, -0.2) is 0 Å². The molecule has 5 rings (SSSR count). The Morgan fingerprint density at radius 1 is 1.08 bits per heavy atom. The summed E-state index contributed by atoms with van der Waals surface area (Å²) in [5, 5.41) is 19.3. The summed E-state index contributed by atoms with van der Waals surface area (Å²) in [4.78, 5) is 75.0. The molecule has 0 aromatic heterocycles. The summed E-state index contributed by atoms with van der Waals surface area (Å²) in [6.07, 6.45) is 2.34. The molecule has 1 aromatic carbocycles. The Hall–Kier alpha value is -3.77. The Labute approximate surface area is 210 Å². The van der Waals surface area contributed by atoms with Crippen LogP contribution < -0.4 is 0 Å². The fourth-order valence-electron chi connectivity index (χ4n) is 5.71. The molecule has 1 aliphatic heterocycles. The van der Waals surface area contributed by atoms with E-state index in [9.17, 15) is 34.2 Å². The Morgan fingerprint density at radius 2 is 1.84 bits per heavy atom. The lowest BCUT2D eigenvalue weighted by atomic mass is 9.71. The first-order chi connectivity index (χ1) is 17.9. The molecular formula is C25H23N3O9. The van der Waals surface area contributed by atoms with Crippen LogP contribution in [0.2, 0.25) is 0 Å². The van der Waals surface area contributed by atoms with Gasteiger partial charge in [-0.15, -0.1) is 9.81 Å². The van der Waals surface area contributed by atoms with Crippen LogP contribution in [0.1, 0.15) is 76.5 Å². The van der Waals surface area contributed by atoms with E-state index in [1.165, 1.54) is 6.08 Å². The number of aliphatic hydroxyl groups is 1. The molecule has 1 fully saturated rings. The highest BCUT2D eigenvalue weighted by Crippen LogP contribution is 2.52. The number of carbonyl (C=O) groups is 3. The van der Waals surface area contributed by atoms with Crippen molar-refractivity contribution in [2.75, 3.05) is 13.2 Å². The van der Waals surface area contributed by atoms with Crippen molar-refractivity contribution in [1.82, 2.24) is 0 Å². The van der Waals surface area contributed by atoms with Crippen LogP contribution in [-0.4, -0.2) is 41.9 Å². The number of rotatable bonds is 7. The maximum atomic E-state index is 13.6. The second-order valence-corrected chi connectivity index (χ2v) is 9.47. The fourth-order valence-corrected chi connectivity index (χ4v) is 5.71. The molecule has 0 spiro atoms. The zero-order chi connectivity index (χ0) is 26.3. The zero-order valence-corrected chi connectivity index (χ0v) is 19.7. The molecule has 4 aliphatic rings. The number of allylic oxidation sites excluding steroid dienone is 4. The summed E-state index contributed by atoms with van der Waals surface area (Å²) in [5.41, 5.74) is -1.67. The number of fused-ring (bicyclic) bond motifs is 3. The van der Waals surface area contributed by atoms with Crippen molar-refractivity contribution in [2.45, 2.75) is 57.3 Å². The molecule has 3 aliphatic carbocycles. The van der Waals surface area contributed by atoms with Gasteiger partial charge in [0.25, 0.3) is 0 Å². The number of aliphatic hydroxyl groups excluding tert-OH is 1. The van der Waals surface area contributed by atoms with Gasteiger partial charge in [0.15, 0.2) is 23.6 Å². The van der Waals surface area contributed by atoms with Gasteiger partial charge in [-0.3, -0.25) is 14.4 Å². The van der Waals surface area contributed by atoms with Gasteiger partial charge < -0.3 is 14.6 Å². The second kappa shape index (κ2) is 9.94. The van der Waals surface area contributed by atoms with Gasteiger partial charge in [-0.2, -0.15) is 4.91 Å². The van der Waals surface area contributed by atoms with Crippen LogP contribution in [-0.2, 0) is 20.7 Å². The highest BCUT2D eigenvalue weighted by atomic mass is 16.7. The number of nitrogens with zero attached hydrogens (tertiary/aromatic N) is 3. The van der Waals surface area contributed by atoms with Gasteiger partial charge in [0.05, 0.1) is 22.8 Å². The molecule has 0 saturated carbocycles. The van der Waals surface area contributed by atoms with Crippen molar-refractivity contribution in [2.24, 2.45) is 21.4 Å². The topological polar surface area (TPSA) is 178 Å². The molecule has 0 radical (unpaired) electrons. The molecule has 192 valence electrons. The summed E-state index contributed by atoms with van der Waals surface area (Å²) in [6.45, 7) is -0.153. The van der Waals surface area contributed by atoms with Crippen molar-refractivity contribution >= 4 is 28.7 Å². The number of Topliss-reactive ketones (excluding diaryl/α,β-unsaturated/α-hetero) is 3. The van der Waals surface area contributed by atoms with Crippen LogP contribution in [0.15, 0.2) is 38.5 Å². The third kappa shape index (κ3) is 4.05. The lowest BCUT2D eigenvalue weighted by Gasteiger charge is -2.36. The van der Waals surface area contributed by atoms with Gasteiger partial charge in [-0.1, -0.05) is 11.3 Å².